The van der Waals surface area contributed by atoms with E-state index >= 15 is 0 Å². The minimum absolute atomic E-state index is 0. The van der Waals surface area contributed by atoms with Crippen molar-refractivity contribution < 1.29 is 19.4 Å². The van der Waals surface area contributed by atoms with E-state index in [-0.39, 0.29) is 4.70 Å². The van der Waals surface area contributed by atoms with Crippen LogP contribution >= 0.6 is 0 Å². The third-order valence-electron chi connectivity index (χ3n) is 21.4. The largest absolute Gasteiger partial charge is 1.00 e. The van der Waals surface area contributed by atoms with Crippen molar-refractivity contribution in [2.24, 2.45) is 70.0 Å². The predicted octanol–water partition coefficient (Wildman–Crippen LogP) is 17.7. The van der Waals surface area contributed by atoms with Crippen molar-refractivity contribution >= 4 is 0 Å². The normalized spacial score (nSPS) is 31.6. The molecule has 6 aliphatic carbocycles. The number of aliphatic hydroxyl groups excluding tert-OH is 2. The van der Waals surface area contributed by atoms with Crippen molar-refractivity contribution in [2.75, 3.05) is 26.2 Å². The van der Waals surface area contributed by atoms with Crippen LogP contribution in [0.25, 0.3) is 0 Å². The van der Waals surface area contributed by atoms with Crippen LogP contribution in [-0.4, -0.2) is 53.1 Å². The zero-order valence-electron chi connectivity index (χ0n) is 53.0. The van der Waals surface area contributed by atoms with Crippen molar-refractivity contribution in [1.29, 1.82) is 0 Å². The SMILES string of the molecule is C=C1[C@H](C)CC(=C/C=C2\CCC[C@]3(C)[C@@H]([C@@H](C)CCCC(C)C)CC[C@@H]23)C[C@H]1C.C=C1[C@H](O)CC(=C/C=C2\CCC[C@]3(C)[C@@H](C(CCC)CC(C)C)CC[C@@H]23)C[C@H]1O.CCCC[N+](CCCC)(CCCC)CCCC.[F-]. The van der Waals surface area contributed by atoms with Crippen molar-refractivity contribution in [3.63, 3.8) is 0 Å². The Hall–Kier alpha value is -1.75. The Morgan fingerprint density at radius 2 is 0.974 bits per heavy atom. The van der Waals surface area contributed by atoms with Crippen LogP contribution in [0.4, 0.5) is 0 Å². The molecule has 6 rings (SSSR count). The highest BCUT2D eigenvalue weighted by atomic mass is 19.0. The first-order valence-electron chi connectivity index (χ1n) is 33.1. The molecule has 3 nitrogen and oxygen atoms in total. The first kappa shape index (κ1) is 68.5. The Labute approximate surface area is 473 Å². The molecular weight excluding hydrogens is 930 g/mol. The molecule has 0 radical (unpaired) electrons. The van der Waals surface area contributed by atoms with E-state index in [1.54, 1.807) is 16.7 Å². The van der Waals surface area contributed by atoms with Gasteiger partial charge in [0.25, 0.3) is 0 Å². The number of hydrogen-bond donors (Lipinski definition) is 2. The summed E-state index contributed by atoms with van der Waals surface area (Å²) in [4.78, 5) is 0. The smallest absolute Gasteiger partial charge is 0.0809 e. The quantitative estimate of drug-likeness (QED) is 0.0747. The Morgan fingerprint density at radius 1 is 0.539 bits per heavy atom. The topological polar surface area (TPSA) is 40.5 Å². The van der Waals surface area contributed by atoms with Crippen molar-refractivity contribution in [2.45, 2.75) is 289 Å². The van der Waals surface area contributed by atoms with Crippen LogP contribution in [0.3, 0.4) is 0 Å². The lowest BCUT2D eigenvalue weighted by Gasteiger charge is -2.45. The highest BCUT2D eigenvalue weighted by Crippen LogP contribution is 2.62. The average Bonchev–Trinajstić information content (AvgIpc) is 3.92. The van der Waals surface area contributed by atoms with Gasteiger partial charge < -0.3 is 19.4 Å². The minimum atomic E-state index is -0.596. The van der Waals surface area contributed by atoms with Gasteiger partial charge in [0.05, 0.1) is 38.4 Å². The summed E-state index contributed by atoms with van der Waals surface area (Å²) in [6, 6.07) is 0. The Balaban J connectivity index is 0.000000310. The van der Waals surface area contributed by atoms with Crippen molar-refractivity contribution in [3.05, 3.63) is 70.9 Å². The van der Waals surface area contributed by atoms with Crippen molar-refractivity contribution in [1.82, 2.24) is 0 Å². The third-order valence-corrected chi connectivity index (χ3v) is 21.4. The van der Waals surface area contributed by atoms with Gasteiger partial charge in [0.1, 0.15) is 0 Å². The maximum absolute atomic E-state index is 10.1. The molecule has 0 aromatic heterocycles. The summed E-state index contributed by atoms with van der Waals surface area (Å²) in [5.41, 5.74) is 9.29. The van der Waals surface area contributed by atoms with Crippen LogP contribution in [-0.2, 0) is 0 Å². The lowest BCUT2D eigenvalue weighted by Crippen LogP contribution is -3.00. The number of halogens is 1. The number of aliphatic hydroxyl groups is 2. The van der Waals surface area contributed by atoms with Gasteiger partial charge in [-0.2, -0.15) is 0 Å². The second kappa shape index (κ2) is 33.9. The molecule has 76 heavy (non-hydrogen) atoms. The maximum atomic E-state index is 10.1. The average molecular weight is 1060 g/mol. The summed E-state index contributed by atoms with van der Waals surface area (Å²) in [6.07, 6.45) is 45.3. The molecule has 0 heterocycles. The molecule has 0 aliphatic heterocycles. The monoisotopic (exact) mass is 1060 g/mol. The van der Waals surface area contributed by atoms with E-state index in [1.807, 2.05) is 0 Å². The third kappa shape index (κ3) is 19.5. The van der Waals surface area contributed by atoms with E-state index in [2.05, 4.69) is 134 Å². The second-order valence-electron chi connectivity index (χ2n) is 28.3. The lowest BCUT2D eigenvalue weighted by atomic mass is 9.59. The molecule has 6 saturated carbocycles. The highest BCUT2D eigenvalue weighted by Gasteiger charge is 2.52. The molecule has 0 saturated heterocycles. The fraction of sp³-hybridized carbons (Fsp3) is 0.833. The fourth-order valence-corrected chi connectivity index (χ4v) is 16.8. The van der Waals surface area contributed by atoms with Crippen LogP contribution in [0.1, 0.15) is 277 Å². The number of rotatable bonds is 24. The fourth-order valence-electron chi connectivity index (χ4n) is 16.8. The van der Waals surface area contributed by atoms with E-state index in [1.165, 1.54) is 203 Å². The van der Waals surface area contributed by atoms with E-state index in [9.17, 15) is 10.2 Å². The van der Waals surface area contributed by atoms with Gasteiger partial charge in [0.2, 0.25) is 0 Å². The predicted molar refractivity (Wildman–Crippen MR) is 331 cm³/mol. The molecule has 0 spiro atoms. The number of nitrogens with zero attached hydrogens (tertiary/aromatic N) is 1. The lowest BCUT2D eigenvalue weighted by molar-refractivity contribution is -0.929. The second-order valence-corrected chi connectivity index (χ2v) is 28.3. The summed E-state index contributed by atoms with van der Waals surface area (Å²) in [7, 11) is 0. The summed E-state index contributed by atoms with van der Waals surface area (Å²) in [6.45, 7) is 47.6. The summed E-state index contributed by atoms with van der Waals surface area (Å²) in [5, 5.41) is 20.3. The highest BCUT2D eigenvalue weighted by molar-refractivity contribution is 5.31. The van der Waals surface area contributed by atoms with Crippen molar-refractivity contribution in [3.8, 4) is 0 Å². The molecule has 0 aromatic rings. The van der Waals surface area contributed by atoms with Gasteiger partial charge in [-0.25, -0.2) is 0 Å². The van der Waals surface area contributed by atoms with Gasteiger partial charge in [-0.3, -0.25) is 0 Å². The van der Waals surface area contributed by atoms with Crippen LogP contribution < -0.4 is 4.70 Å². The van der Waals surface area contributed by atoms with Crippen LogP contribution in [0.15, 0.2) is 70.9 Å². The molecule has 6 aliphatic rings. The number of allylic oxidation sites excluding steroid dienone is 8. The zero-order chi connectivity index (χ0) is 55.3. The molecular formula is C72H128FNO2. The van der Waals surface area contributed by atoms with Gasteiger partial charge in [-0.1, -0.05) is 220 Å². The van der Waals surface area contributed by atoms with E-state index in [0.717, 1.165) is 52.9 Å². The van der Waals surface area contributed by atoms with Crippen LogP contribution in [0, 0.1) is 70.0 Å². The van der Waals surface area contributed by atoms with Gasteiger partial charge in [0, 0.05) is 0 Å². The Kier molecular flexibility index (Phi) is 30.5. The Morgan fingerprint density at radius 3 is 1.39 bits per heavy atom. The maximum Gasteiger partial charge on any atom is 0.0809 e. The van der Waals surface area contributed by atoms with E-state index < -0.39 is 12.2 Å². The van der Waals surface area contributed by atoms with E-state index in [0.29, 0.717) is 41.1 Å². The van der Waals surface area contributed by atoms with Gasteiger partial charge >= 0.3 is 0 Å². The number of quaternary nitrogens is 1. The summed E-state index contributed by atoms with van der Waals surface area (Å²) in [5.74, 6) is 8.10. The molecule has 12 atom stereocenters. The minimum Gasteiger partial charge on any atom is -1.00 e. The van der Waals surface area contributed by atoms with Gasteiger partial charge in [-0.05, 0) is 198 Å². The van der Waals surface area contributed by atoms with Gasteiger partial charge in [-0.15, -0.1) is 0 Å². The zero-order valence-corrected chi connectivity index (χ0v) is 53.0. The molecule has 1 unspecified atom stereocenters. The molecule has 0 amide bonds. The summed E-state index contributed by atoms with van der Waals surface area (Å²) < 4.78 is 1.42. The molecule has 4 heteroatoms. The Bertz CT molecular complexity index is 1750. The van der Waals surface area contributed by atoms with Crippen LogP contribution in [0.2, 0.25) is 0 Å². The molecule has 2 N–H and O–H groups in total. The van der Waals surface area contributed by atoms with Gasteiger partial charge in [0.15, 0.2) is 0 Å². The van der Waals surface area contributed by atoms with E-state index in [4.69, 9.17) is 0 Å². The number of unbranched alkanes of at least 4 members (excludes halogenated alkanes) is 4. The molecule has 0 aromatic carbocycles. The summed E-state index contributed by atoms with van der Waals surface area (Å²) >= 11 is 0. The first-order valence-corrected chi connectivity index (χ1v) is 33.1. The molecule has 6 fully saturated rings. The standard InChI is InChI=1S/C29H48.C27H44O2.C16H36N.FH/c1-20(2)10-8-11-21(3)27-15-16-28-26(12-9-17-29(27,28)7)14-13-25-18-22(4)24(6)23(5)19-25;1-6-8-22(15-18(2)3)24-13-12-23-21(9-7-14-27(23,24)5)11-10-20-16-25(28)19(4)26(29)17-20;1-5-9-13-17(14-10-6-2,15-11-7-3)16-12-8-4;/h13-14,20-23,27-28H,6,8-12,15-19H2,1-5,7H3;10-11,18,22-26,28-29H,4,6-9,12-17H2,1-3,5H3;5-16H2,1-4H3;1H/q;;+1;/p-1/b26-14+;21-11+;;/t21-,22+,23+,27+,28-,29+;22?,23-,24+,25+,26+,27-;;/m00../s1. The number of hydrogen-bond acceptors (Lipinski definition) is 2. The molecule has 0 bridgehead atoms. The first-order chi connectivity index (χ1) is 35.7. The van der Waals surface area contributed by atoms with Crippen LogP contribution in [0.5, 0.6) is 0 Å². The molecule has 440 valence electrons. The number of fused-ring (bicyclic) bond motifs is 2.